The largest absolute Gasteiger partial charge is 0.477 e. The minimum absolute atomic E-state index is 0.0762. The number of β-lactam (4-membered cyclic amide) rings is 1. The number of nitrogens with zero attached hydrogens (tertiary/aromatic N) is 1. The highest BCUT2D eigenvalue weighted by Crippen LogP contribution is 2.46. The van der Waals surface area contributed by atoms with Crippen LogP contribution in [0.15, 0.2) is 28.8 Å². The SMILES string of the molecule is C1CCC(NCCNC2CCCCC2)CC1.CO[C@@]1(NC(=O)Cc2cccs2)C(=O)N2C(C(=O)O)=C(COC(N)=O)CS[C@@H]21. The number of thiophene rings is 1. The number of ether oxygens (including phenoxy) is 2. The van der Waals surface area contributed by atoms with E-state index in [1.54, 1.807) is 6.07 Å². The molecule has 3 amide bonds. The van der Waals surface area contributed by atoms with Crippen molar-refractivity contribution in [1.29, 1.82) is 0 Å². The van der Waals surface area contributed by atoms with Crippen LogP contribution < -0.4 is 21.7 Å². The number of primary amides is 1. The summed E-state index contributed by atoms with van der Waals surface area (Å²) >= 11 is 2.60. The first-order valence-corrected chi connectivity index (χ1v) is 17.4. The highest BCUT2D eigenvalue weighted by atomic mass is 32.2. The molecular weight excluding hydrogens is 606 g/mol. The van der Waals surface area contributed by atoms with Gasteiger partial charge in [-0.3, -0.25) is 14.5 Å². The molecule has 0 spiro atoms. The first-order valence-electron chi connectivity index (χ1n) is 15.4. The molecule has 12 nitrogen and oxygen atoms in total. The minimum atomic E-state index is -1.66. The van der Waals surface area contributed by atoms with Crippen LogP contribution in [0.2, 0.25) is 0 Å². The van der Waals surface area contributed by atoms with Crippen LogP contribution in [-0.2, 0) is 30.3 Å². The van der Waals surface area contributed by atoms with Gasteiger partial charge in [-0.15, -0.1) is 23.1 Å². The third kappa shape index (κ3) is 8.75. The summed E-state index contributed by atoms with van der Waals surface area (Å²) in [6.45, 7) is 1.99. The summed E-state index contributed by atoms with van der Waals surface area (Å²) in [4.78, 5) is 49.6. The van der Waals surface area contributed by atoms with Gasteiger partial charge in [-0.2, -0.15) is 0 Å². The van der Waals surface area contributed by atoms with E-state index in [1.807, 2.05) is 11.4 Å². The summed E-state index contributed by atoms with van der Waals surface area (Å²) < 4.78 is 10.0. The quantitative estimate of drug-likeness (QED) is 0.129. The lowest BCUT2D eigenvalue weighted by Gasteiger charge is -2.55. The molecule has 6 N–H and O–H groups in total. The summed E-state index contributed by atoms with van der Waals surface area (Å²) in [5.74, 6) is -2.31. The topological polar surface area (TPSA) is 172 Å². The smallest absolute Gasteiger partial charge is 0.404 e. The molecule has 0 aromatic carbocycles. The van der Waals surface area contributed by atoms with Crippen LogP contribution in [0, 0.1) is 0 Å². The number of carbonyl (C=O) groups is 4. The predicted molar refractivity (Wildman–Crippen MR) is 169 cm³/mol. The number of carbonyl (C=O) groups excluding carboxylic acids is 3. The van der Waals surface area contributed by atoms with Crippen LogP contribution >= 0.6 is 23.1 Å². The molecule has 2 atom stereocenters. The lowest BCUT2D eigenvalue weighted by molar-refractivity contribution is -0.192. The molecule has 1 aromatic heterocycles. The molecule has 4 aliphatic rings. The predicted octanol–water partition coefficient (Wildman–Crippen LogP) is 2.93. The lowest BCUT2D eigenvalue weighted by atomic mass is 9.95. The molecule has 5 rings (SSSR count). The van der Waals surface area contributed by atoms with Crippen LogP contribution in [0.5, 0.6) is 0 Å². The molecule has 3 heterocycles. The highest BCUT2D eigenvalue weighted by molar-refractivity contribution is 8.00. The molecule has 1 saturated heterocycles. The Morgan fingerprint density at radius 2 is 1.66 bits per heavy atom. The molecule has 0 unspecified atom stereocenters. The fraction of sp³-hybridized carbons (Fsp3) is 0.667. The van der Waals surface area contributed by atoms with Crippen molar-refractivity contribution >= 4 is 47.0 Å². The van der Waals surface area contributed by atoms with E-state index in [0.717, 1.165) is 21.9 Å². The van der Waals surface area contributed by atoms with Crippen LogP contribution in [0.3, 0.4) is 0 Å². The molecule has 14 heteroatoms. The van der Waals surface area contributed by atoms with E-state index in [9.17, 15) is 24.3 Å². The second-order valence-electron chi connectivity index (χ2n) is 11.5. The number of aliphatic carboxylic acids is 1. The van der Waals surface area contributed by atoms with Crippen LogP contribution in [-0.4, -0.2) is 89.6 Å². The number of hydrogen-bond acceptors (Lipinski definition) is 10. The van der Waals surface area contributed by atoms with Crippen molar-refractivity contribution < 1.29 is 33.8 Å². The molecule has 0 radical (unpaired) electrons. The Labute approximate surface area is 266 Å². The molecule has 2 aliphatic carbocycles. The number of fused-ring (bicyclic) bond motifs is 1. The summed E-state index contributed by atoms with van der Waals surface area (Å²) in [7, 11) is 1.27. The normalized spacial score (nSPS) is 24.1. The molecule has 2 saturated carbocycles. The maximum absolute atomic E-state index is 12.8. The van der Waals surface area contributed by atoms with E-state index in [4.69, 9.17) is 10.5 Å². The molecule has 1 aromatic rings. The Hall–Kier alpha value is -2.65. The van der Waals surface area contributed by atoms with Gasteiger partial charge < -0.3 is 36.3 Å². The third-order valence-electron chi connectivity index (χ3n) is 8.46. The summed E-state index contributed by atoms with van der Waals surface area (Å²) in [5, 5.41) is 20.6. The average Bonchev–Trinajstić information content (AvgIpc) is 3.54. The zero-order valence-corrected chi connectivity index (χ0v) is 26.9. The van der Waals surface area contributed by atoms with Gasteiger partial charge in [-0.05, 0) is 37.1 Å². The number of hydrogen-bond donors (Lipinski definition) is 5. The molecule has 244 valence electrons. The monoisotopic (exact) mass is 651 g/mol. The van der Waals surface area contributed by atoms with Gasteiger partial charge in [-0.1, -0.05) is 44.6 Å². The van der Waals surface area contributed by atoms with Crippen molar-refractivity contribution in [3.8, 4) is 0 Å². The van der Waals surface area contributed by atoms with Crippen molar-refractivity contribution in [2.75, 3.05) is 32.6 Å². The number of rotatable bonds is 12. The van der Waals surface area contributed by atoms with Crippen LogP contribution in [0.4, 0.5) is 4.79 Å². The first-order chi connectivity index (χ1) is 21.2. The zero-order valence-electron chi connectivity index (χ0n) is 25.3. The third-order valence-corrected chi connectivity index (χ3v) is 10.7. The van der Waals surface area contributed by atoms with Crippen molar-refractivity contribution in [1.82, 2.24) is 20.9 Å². The minimum Gasteiger partial charge on any atom is -0.477 e. The maximum atomic E-state index is 12.8. The van der Waals surface area contributed by atoms with E-state index < -0.39 is 35.0 Å². The lowest BCUT2D eigenvalue weighted by Crippen LogP contribution is -2.80. The Kier molecular flexibility index (Phi) is 12.9. The van der Waals surface area contributed by atoms with E-state index in [1.165, 1.54) is 108 Å². The number of nitrogens with two attached hydrogens (primary N) is 1. The second-order valence-corrected chi connectivity index (χ2v) is 13.6. The first kappa shape index (κ1) is 34.2. The van der Waals surface area contributed by atoms with E-state index in [0.29, 0.717) is 0 Å². The standard InChI is InChI=1S/C16H17N3O7S2.C14H28N2/c1-25-16(18-10(20)5-9-3-2-4-27-9)13(23)19-11(12(21)22)8(6-26-15(17)24)7-28-14(16)19;1-3-7-13(8-4-1)15-11-12-16-14-9-5-2-6-10-14/h2-4,14H,5-7H2,1H3,(H2,17,24)(H,18,20)(H,21,22);13-16H,1-12H2/t14-,16+;/m1./s1. The van der Waals surface area contributed by atoms with Crippen molar-refractivity contribution in [2.24, 2.45) is 5.73 Å². The molecular formula is C30H45N5O7S2. The Morgan fingerprint density at radius 3 is 2.16 bits per heavy atom. The van der Waals surface area contributed by atoms with Gasteiger partial charge in [-0.25, -0.2) is 9.59 Å². The number of methoxy groups -OCH3 is 1. The van der Waals surface area contributed by atoms with Gasteiger partial charge >= 0.3 is 12.1 Å². The maximum Gasteiger partial charge on any atom is 0.404 e. The van der Waals surface area contributed by atoms with Crippen LogP contribution in [0.25, 0.3) is 0 Å². The van der Waals surface area contributed by atoms with Gasteiger partial charge in [0.1, 0.15) is 17.7 Å². The molecule has 44 heavy (non-hydrogen) atoms. The van der Waals surface area contributed by atoms with E-state index in [-0.39, 0.29) is 30.1 Å². The Balaban J connectivity index is 0.000000233. The second kappa shape index (κ2) is 16.6. The summed E-state index contributed by atoms with van der Waals surface area (Å²) in [6.07, 6.45) is 13.3. The van der Waals surface area contributed by atoms with Gasteiger partial charge in [0, 0.05) is 48.5 Å². The zero-order chi connectivity index (χ0) is 31.5. The molecule has 3 fully saturated rings. The Bertz CT molecular complexity index is 1150. The van der Waals surface area contributed by atoms with Gasteiger partial charge in [0.2, 0.25) is 5.91 Å². The number of nitrogens with one attached hydrogen (secondary N) is 3. The van der Waals surface area contributed by atoms with Gasteiger partial charge in [0.15, 0.2) is 0 Å². The van der Waals surface area contributed by atoms with Crippen molar-refractivity contribution in [3.05, 3.63) is 33.7 Å². The number of amides is 3. The summed E-state index contributed by atoms with van der Waals surface area (Å²) in [6, 6.07) is 5.25. The molecule has 0 bridgehead atoms. The number of carboxylic acid groups (broad SMARTS) is 1. The Morgan fingerprint density at radius 1 is 1.05 bits per heavy atom. The summed E-state index contributed by atoms with van der Waals surface area (Å²) in [5.41, 5.74) is 3.20. The average molecular weight is 652 g/mol. The fourth-order valence-corrected chi connectivity index (χ4v) is 8.32. The van der Waals surface area contributed by atoms with Crippen molar-refractivity contribution in [3.63, 3.8) is 0 Å². The number of carboxylic acids is 1. The van der Waals surface area contributed by atoms with Gasteiger partial charge in [0.05, 0.1) is 6.42 Å². The van der Waals surface area contributed by atoms with E-state index in [2.05, 4.69) is 20.7 Å². The fourth-order valence-electron chi connectivity index (χ4n) is 6.20. The van der Waals surface area contributed by atoms with E-state index >= 15 is 0 Å². The highest BCUT2D eigenvalue weighted by Gasteiger charge is 2.66. The van der Waals surface area contributed by atoms with Crippen molar-refractivity contribution in [2.45, 2.75) is 93.8 Å². The van der Waals surface area contributed by atoms with Gasteiger partial charge in [0.25, 0.3) is 11.6 Å². The van der Waals surface area contributed by atoms with Crippen LogP contribution in [0.1, 0.15) is 69.1 Å². The number of thioether (sulfide) groups is 1. The molecule has 2 aliphatic heterocycles.